The molecular weight excluding hydrogens is 272 g/mol. The lowest BCUT2D eigenvalue weighted by molar-refractivity contribution is 0.213. The Morgan fingerprint density at radius 3 is 2.12 bits per heavy atom. The van der Waals surface area contributed by atoms with E-state index in [0.717, 1.165) is 21.5 Å². The quantitative estimate of drug-likeness (QED) is 0.926. The van der Waals surface area contributed by atoms with Crippen LogP contribution in [0.25, 0.3) is 0 Å². The first-order chi connectivity index (χ1) is 7.47. The third kappa shape index (κ3) is 2.33. The second-order valence-corrected chi connectivity index (χ2v) is 4.99. The fourth-order valence-corrected chi connectivity index (χ4v) is 2.60. The second kappa shape index (κ2) is 5.06. The van der Waals surface area contributed by atoms with E-state index in [9.17, 15) is 5.11 Å². The molecule has 0 fully saturated rings. The maximum absolute atomic E-state index is 9.44. The van der Waals surface area contributed by atoms with E-state index in [4.69, 9.17) is 9.47 Å². The standard InChI is InChI=1S/C12H17BrO3/c1-12(2,7-14)10-8(15-3)5-6-9(16-4)11(10)13/h5-6,14H,7H2,1-4H3. The minimum atomic E-state index is -0.390. The molecule has 1 aromatic rings. The molecule has 0 heterocycles. The summed E-state index contributed by atoms with van der Waals surface area (Å²) in [6.07, 6.45) is 0. The highest BCUT2D eigenvalue weighted by Crippen LogP contribution is 2.42. The van der Waals surface area contributed by atoms with Gasteiger partial charge in [0.15, 0.2) is 0 Å². The van der Waals surface area contributed by atoms with Crippen molar-refractivity contribution in [1.82, 2.24) is 0 Å². The van der Waals surface area contributed by atoms with Crippen LogP contribution in [0.1, 0.15) is 19.4 Å². The number of methoxy groups -OCH3 is 2. The lowest BCUT2D eigenvalue weighted by Gasteiger charge is -2.26. The van der Waals surface area contributed by atoms with Crippen LogP contribution in [0.4, 0.5) is 0 Å². The summed E-state index contributed by atoms with van der Waals surface area (Å²) in [6, 6.07) is 3.68. The van der Waals surface area contributed by atoms with Gasteiger partial charge in [0.05, 0.1) is 25.3 Å². The molecular formula is C12H17BrO3. The van der Waals surface area contributed by atoms with Crippen LogP contribution in [-0.4, -0.2) is 25.9 Å². The number of aliphatic hydroxyl groups excluding tert-OH is 1. The Bertz CT molecular complexity index is 375. The molecule has 0 aliphatic carbocycles. The molecule has 3 nitrogen and oxygen atoms in total. The van der Waals surface area contributed by atoms with E-state index in [0.29, 0.717) is 0 Å². The molecule has 0 amide bonds. The number of ether oxygens (including phenoxy) is 2. The minimum Gasteiger partial charge on any atom is -0.496 e. The van der Waals surface area contributed by atoms with Crippen molar-refractivity contribution in [2.24, 2.45) is 0 Å². The molecule has 0 unspecified atom stereocenters. The maximum Gasteiger partial charge on any atom is 0.133 e. The second-order valence-electron chi connectivity index (χ2n) is 4.20. The molecule has 0 aliphatic rings. The zero-order valence-corrected chi connectivity index (χ0v) is 11.6. The number of hydrogen-bond acceptors (Lipinski definition) is 3. The van der Waals surface area contributed by atoms with Crippen LogP contribution in [0.5, 0.6) is 11.5 Å². The molecule has 4 heteroatoms. The topological polar surface area (TPSA) is 38.7 Å². The highest BCUT2D eigenvalue weighted by molar-refractivity contribution is 9.10. The third-order valence-corrected chi connectivity index (χ3v) is 3.37. The van der Waals surface area contributed by atoms with Crippen molar-refractivity contribution >= 4 is 15.9 Å². The van der Waals surface area contributed by atoms with Crippen LogP contribution in [0.15, 0.2) is 16.6 Å². The van der Waals surface area contributed by atoms with Gasteiger partial charge in [-0.3, -0.25) is 0 Å². The average molecular weight is 289 g/mol. The summed E-state index contributed by atoms with van der Waals surface area (Å²) in [6.45, 7) is 3.94. The molecule has 0 saturated carbocycles. The molecule has 1 aromatic carbocycles. The summed E-state index contributed by atoms with van der Waals surface area (Å²) in [4.78, 5) is 0. The first-order valence-corrected chi connectivity index (χ1v) is 5.79. The van der Waals surface area contributed by atoms with Gasteiger partial charge in [-0.15, -0.1) is 0 Å². The highest BCUT2D eigenvalue weighted by Gasteiger charge is 2.28. The van der Waals surface area contributed by atoms with Crippen LogP contribution in [0.2, 0.25) is 0 Å². The summed E-state index contributed by atoms with van der Waals surface area (Å²) >= 11 is 3.49. The van der Waals surface area contributed by atoms with Crippen molar-refractivity contribution in [2.75, 3.05) is 20.8 Å². The van der Waals surface area contributed by atoms with Gasteiger partial charge in [0, 0.05) is 11.0 Å². The Balaban J connectivity index is 3.43. The van der Waals surface area contributed by atoms with E-state index in [1.165, 1.54) is 0 Å². The zero-order chi connectivity index (χ0) is 12.3. The molecule has 0 atom stereocenters. The predicted molar refractivity (Wildman–Crippen MR) is 67.4 cm³/mol. The molecule has 0 radical (unpaired) electrons. The SMILES string of the molecule is COc1ccc(OC)c(C(C)(C)CO)c1Br. The largest absolute Gasteiger partial charge is 0.496 e. The number of benzene rings is 1. The number of hydrogen-bond donors (Lipinski definition) is 1. The summed E-state index contributed by atoms with van der Waals surface area (Å²) in [5.74, 6) is 1.48. The third-order valence-electron chi connectivity index (χ3n) is 2.58. The van der Waals surface area contributed by atoms with E-state index in [1.54, 1.807) is 14.2 Å². The molecule has 0 spiro atoms. The van der Waals surface area contributed by atoms with Gasteiger partial charge in [-0.1, -0.05) is 13.8 Å². The fourth-order valence-electron chi connectivity index (χ4n) is 1.58. The van der Waals surface area contributed by atoms with Crippen molar-refractivity contribution in [3.8, 4) is 11.5 Å². The Kier molecular flexibility index (Phi) is 4.21. The number of rotatable bonds is 4. The van der Waals surface area contributed by atoms with Gasteiger partial charge in [0.25, 0.3) is 0 Å². The molecule has 0 bridgehead atoms. The summed E-state index contributed by atoms with van der Waals surface area (Å²) in [5.41, 5.74) is 0.524. The van der Waals surface area contributed by atoms with Gasteiger partial charge >= 0.3 is 0 Å². The van der Waals surface area contributed by atoms with Crippen molar-refractivity contribution in [3.63, 3.8) is 0 Å². The van der Waals surface area contributed by atoms with Crippen molar-refractivity contribution in [3.05, 3.63) is 22.2 Å². The molecule has 90 valence electrons. The van der Waals surface area contributed by atoms with Gasteiger partial charge in [0.2, 0.25) is 0 Å². The number of halogens is 1. The van der Waals surface area contributed by atoms with Crippen LogP contribution < -0.4 is 9.47 Å². The first kappa shape index (κ1) is 13.3. The van der Waals surface area contributed by atoms with Gasteiger partial charge in [-0.05, 0) is 28.1 Å². The summed E-state index contributed by atoms with van der Waals surface area (Å²) in [7, 11) is 3.23. The molecule has 1 rings (SSSR count). The van der Waals surface area contributed by atoms with Gasteiger partial charge < -0.3 is 14.6 Å². The lowest BCUT2D eigenvalue weighted by atomic mass is 9.85. The fraction of sp³-hybridized carbons (Fsp3) is 0.500. The van der Waals surface area contributed by atoms with E-state index in [-0.39, 0.29) is 6.61 Å². The Labute approximate surface area is 105 Å². The Morgan fingerprint density at radius 2 is 1.69 bits per heavy atom. The first-order valence-electron chi connectivity index (χ1n) is 4.99. The Morgan fingerprint density at radius 1 is 1.19 bits per heavy atom. The normalized spacial score (nSPS) is 11.4. The van der Waals surface area contributed by atoms with Crippen LogP contribution in [-0.2, 0) is 5.41 Å². The average Bonchev–Trinajstić information content (AvgIpc) is 2.28. The molecule has 16 heavy (non-hydrogen) atoms. The lowest BCUT2D eigenvalue weighted by Crippen LogP contribution is -2.23. The highest BCUT2D eigenvalue weighted by atomic mass is 79.9. The van der Waals surface area contributed by atoms with E-state index in [1.807, 2.05) is 26.0 Å². The van der Waals surface area contributed by atoms with Crippen LogP contribution >= 0.6 is 15.9 Å². The van der Waals surface area contributed by atoms with Crippen molar-refractivity contribution in [2.45, 2.75) is 19.3 Å². The monoisotopic (exact) mass is 288 g/mol. The molecule has 0 saturated heterocycles. The summed E-state index contributed by atoms with van der Waals surface area (Å²) in [5, 5.41) is 9.44. The van der Waals surface area contributed by atoms with Gasteiger partial charge in [0.1, 0.15) is 11.5 Å². The smallest absolute Gasteiger partial charge is 0.133 e. The maximum atomic E-state index is 9.44. The Hall–Kier alpha value is -0.740. The zero-order valence-electron chi connectivity index (χ0n) is 10.0. The molecule has 0 aromatic heterocycles. The summed E-state index contributed by atoms with van der Waals surface area (Å²) < 4.78 is 11.4. The molecule has 1 N–H and O–H groups in total. The number of aliphatic hydroxyl groups is 1. The van der Waals surface area contributed by atoms with Crippen molar-refractivity contribution in [1.29, 1.82) is 0 Å². The van der Waals surface area contributed by atoms with Crippen LogP contribution in [0.3, 0.4) is 0 Å². The predicted octanol–water partition coefficient (Wildman–Crippen LogP) is 2.74. The van der Waals surface area contributed by atoms with E-state index in [2.05, 4.69) is 15.9 Å². The van der Waals surface area contributed by atoms with Gasteiger partial charge in [-0.2, -0.15) is 0 Å². The molecule has 0 aliphatic heterocycles. The van der Waals surface area contributed by atoms with E-state index < -0.39 is 5.41 Å². The minimum absolute atomic E-state index is 0.0368. The van der Waals surface area contributed by atoms with Crippen molar-refractivity contribution < 1.29 is 14.6 Å². The van der Waals surface area contributed by atoms with Crippen LogP contribution in [0, 0.1) is 0 Å². The van der Waals surface area contributed by atoms with E-state index >= 15 is 0 Å². The van der Waals surface area contributed by atoms with Gasteiger partial charge in [-0.25, -0.2) is 0 Å².